The first-order valence-electron chi connectivity index (χ1n) is 5.89. The quantitative estimate of drug-likeness (QED) is 0.885. The van der Waals surface area contributed by atoms with E-state index in [0.29, 0.717) is 22.9 Å². The number of nitrogens with one attached hydrogen (secondary N) is 2. The number of aryl methyl sites for hydroxylation is 1. The molecule has 1 aromatic carbocycles. The number of anilines is 1. The van der Waals surface area contributed by atoms with Gasteiger partial charge in [0.2, 0.25) is 0 Å². The van der Waals surface area contributed by atoms with Crippen LogP contribution in [0, 0.1) is 6.92 Å². The molecule has 0 radical (unpaired) electrons. The van der Waals surface area contributed by atoms with Gasteiger partial charge in [0.25, 0.3) is 5.91 Å². The lowest BCUT2D eigenvalue weighted by molar-refractivity contribution is -0.122. The highest BCUT2D eigenvalue weighted by molar-refractivity contribution is 6.30. The van der Waals surface area contributed by atoms with E-state index in [4.69, 9.17) is 16.3 Å². The van der Waals surface area contributed by atoms with E-state index in [1.54, 1.807) is 18.3 Å². The number of carbonyl (C=O) groups excluding carboxylic acids is 1. The molecule has 1 aliphatic rings. The SMILES string of the molecule is Cc1[nH]ncc1NC(=O)[C@H]1Cc2cc(Cl)ccc2O1. The highest BCUT2D eigenvalue weighted by Gasteiger charge is 2.29. The number of hydrogen-bond acceptors (Lipinski definition) is 3. The number of aromatic nitrogens is 2. The molecule has 6 heteroatoms. The molecular weight excluding hydrogens is 266 g/mol. The first kappa shape index (κ1) is 12.0. The van der Waals surface area contributed by atoms with Crippen LogP contribution in [0.5, 0.6) is 5.75 Å². The van der Waals surface area contributed by atoms with Crippen molar-refractivity contribution in [2.75, 3.05) is 5.32 Å². The fourth-order valence-electron chi connectivity index (χ4n) is 2.05. The van der Waals surface area contributed by atoms with Crippen molar-refractivity contribution in [1.82, 2.24) is 10.2 Å². The molecule has 0 saturated heterocycles. The van der Waals surface area contributed by atoms with Crippen LogP contribution in [0.3, 0.4) is 0 Å². The van der Waals surface area contributed by atoms with Crippen LogP contribution < -0.4 is 10.1 Å². The van der Waals surface area contributed by atoms with Gasteiger partial charge in [-0.3, -0.25) is 9.89 Å². The first-order chi connectivity index (χ1) is 9.13. The van der Waals surface area contributed by atoms with Gasteiger partial charge in [0.1, 0.15) is 5.75 Å². The summed E-state index contributed by atoms with van der Waals surface area (Å²) in [4.78, 5) is 12.1. The van der Waals surface area contributed by atoms with Crippen LogP contribution in [0.15, 0.2) is 24.4 Å². The molecule has 3 rings (SSSR count). The molecule has 0 aliphatic carbocycles. The Morgan fingerprint density at radius 2 is 2.42 bits per heavy atom. The zero-order chi connectivity index (χ0) is 13.4. The van der Waals surface area contributed by atoms with Gasteiger partial charge in [-0.05, 0) is 30.7 Å². The summed E-state index contributed by atoms with van der Waals surface area (Å²) in [6, 6.07) is 5.36. The smallest absolute Gasteiger partial charge is 0.265 e. The molecule has 0 unspecified atom stereocenters. The first-order valence-corrected chi connectivity index (χ1v) is 6.27. The highest BCUT2D eigenvalue weighted by atomic mass is 35.5. The molecule has 2 heterocycles. The normalized spacial score (nSPS) is 16.8. The maximum absolute atomic E-state index is 12.1. The third-order valence-corrected chi connectivity index (χ3v) is 3.31. The number of carbonyl (C=O) groups is 1. The van der Waals surface area contributed by atoms with E-state index in [0.717, 1.165) is 11.3 Å². The van der Waals surface area contributed by atoms with Gasteiger partial charge in [-0.1, -0.05) is 11.6 Å². The molecule has 0 fully saturated rings. The van der Waals surface area contributed by atoms with Crippen LogP contribution in [0.1, 0.15) is 11.3 Å². The minimum atomic E-state index is -0.525. The fourth-order valence-corrected chi connectivity index (χ4v) is 2.25. The Labute approximate surface area is 114 Å². The summed E-state index contributed by atoms with van der Waals surface area (Å²) < 4.78 is 5.61. The third kappa shape index (κ3) is 2.29. The summed E-state index contributed by atoms with van der Waals surface area (Å²) >= 11 is 5.92. The number of aromatic amines is 1. The van der Waals surface area contributed by atoms with Gasteiger partial charge in [0.05, 0.1) is 17.6 Å². The maximum Gasteiger partial charge on any atom is 0.265 e. The van der Waals surface area contributed by atoms with Gasteiger partial charge in [0, 0.05) is 11.4 Å². The Kier molecular flexibility index (Phi) is 2.91. The molecule has 1 atom stereocenters. The monoisotopic (exact) mass is 277 g/mol. The minimum Gasteiger partial charge on any atom is -0.480 e. The molecule has 5 nitrogen and oxygen atoms in total. The lowest BCUT2D eigenvalue weighted by Crippen LogP contribution is -2.31. The molecule has 2 aromatic rings. The summed E-state index contributed by atoms with van der Waals surface area (Å²) in [5.41, 5.74) is 2.44. The lowest BCUT2D eigenvalue weighted by Gasteiger charge is -2.10. The average molecular weight is 278 g/mol. The van der Waals surface area contributed by atoms with E-state index in [-0.39, 0.29) is 5.91 Å². The van der Waals surface area contributed by atoms with Gasteiger partial charge in [-0.15, -0.1) is 0 Å². The largest absolute Gasteiger partial charge is 0.480 e. The number of ether oxygens (including phenoxy) is 1. The lowest BCUT2D eigenvalue weighted by atomic mass is 10.1. The fraction of sp³-hybridized carbons (Fsp3) is 0.231. The van der Waals surface area contributed by atoms with E-state index in [2.05, 4.69) is 15.5 Å². The molecule has 98 valence electrons. The van der Waals surface area contributed by atoms with Gasteiger partial charge in [-0.2, -0.15) is 5.10 Å². The van der Waals surface area contributed by atoms with Crippen LogP contribution in [0.25, 0.3) is 0 Å². The molecular formula is C13H12ClN3O2. The van der Waals surface area contributed by atoms with Crippen LogP contribution in [-0.2, 0) is 11.2 Å². The zero-order valence-corrected chi connectivity index (χ0v) is 11.0. The molecule has 1 aromatic heterocycles. The van der Waals surface area contributed by atoms with Gasteiger partial charge >= 0.3 is 0 Å². The average Bonchev–Trinajstić information content (AvgIpc) is 2.96. The molecule has 1 amide bonds. The maximum atomic E-state index is 12.1. The number of amides is 1. The molecule has 0 bridgehead atoms. The van der Waals surface area contributed by atoms with Crippen molar-refractivity contribution in [3.8, 4) is 5.75 Å². The summed E-state index contributed by atoms with van der Waals surface area (Å²) in [6.07, 6.45) is 1.58. The number of benzene rings is 1. The number of hydrogen-bond donors (Lipinski definition) is 2. The van der Waals surface area contributed by atoms with Crippen molar-refractivity contribution < 1.29 is 9.53 Å². The van der Waals surface area contributed by atoms with Crippen LogP contribution in [-0.4, -0.2) is 22.2 Å². The Morgan fingerprint density at radius 3 is 3.16 bits per heavy atom. The molecule has 0 saturated carbocycles. The van der Waals surface area contributed by atoms with Crippen LogP contribution >= 0.6 is 11.6 Å². The van der Waals surface area contributed by atoms with Crippen molar-refractivity contribution in [2.24, 2.45) is 0 Å². The molecule has 2 N–H and O–H groups in total. The van der Waals surface area contributed by atoms with Crippen molar-refractivity contribution in [3.63, 3.8) is 0 Å². The second-order valence-corrected chi connectivity index (χ2v) is 4.90. The summed E-state index contributed by atoms with van der Waals surface area (Å²) in [6.45, 7) is 1.84. The summed E-state index contributed by atoms with van der Waals surface area (Å²) in [7, 11) is 0. The van der Waals surface area contributed by atoms with Crippen LogP contribution in [0.2, 0.25) is 5.02 Å². The standard InChI is InChI=1S/C13H12ClN3O2/c1-7-10(6-15-17-7)16-13(18)12-5-8-4-9(14)2-3-11(8)19-12/h2-4,6,12H,5H2,1H3,(H,15,17)(H,16,18)/t12-/m1/s1. The summed E-state index contributed by atoms with van der Waals surface area (Å²) in [5, 5.41) is 10.1. The van der Waals surface area contributed by atoms with Crippen molar-refractivity contribution >= 4 is 23.2 Å². The van der Waals surface area contributed by atoms with Crippen molar-refractivity contribution in [1.29, 1.82) is 0 Å². The zero-order valence-electron chi connectivity index (χ0n) is 10.2. The number of nitrogens with zero attached hydrogens (tertiary/aromatic N) is 1. The predicted molar refractivity (Wildman–Crippen MR) is 71.5 cm³/mol. The molecule has 19 heavy (non-hydrogen) atoms. The topological polar surface area (TPSA) is 67.0 Å². The van der Waals surface area contributed by atoms with Crippen molar-refractivity contribution in [3.05, 3.63) is 40.7 Å². The number of H-pyrrole nitrogens is 1. The number of fused-ring (bicyclic) bond motifs is 1. The minimum absolute atomic E-state index is 0.183. The van der Waals surface area contributed by atoms with Crippen LogP contribution in [0.4, 0.5) is 5.69 Å². The van der Waals surface area contributed by atoms with Crippen molar-refractivity contribution in [2.45, 2.75) is 19.4 Å². The van der Waals surface area contributed by atoms with E-state index in [1.807, 2.05) is 13.0 Å². The second-order valence-electron chi connectivity index (χ2n) is 4.46. The Morgan fingerprint density at radius 1 is 1.58 bits per heavy atom. The summed E-state index contributed by atoms with van der Waals surface area (Å²) in [5.74, 6) is 0.533. The number of halogens is 1. The van der Waals surface area contributed by atoms with Gasteiger partial charge in [0.15, 0.2) is 6.10 Å². The van der Waals surface area contributed by atoms with Gasteiger partial charge in [-0.25, -0.2) is 0 Å². The Hall–Kier alpha value is -2.01. The van der Waals surface area contributed by atoms with E-state index < -0.39 is 6.10 Å². The van der Waals surface area contributed by atoms with Gasteiger partial charge < -0.3 is 10.1 Å². The molecule has 0 spiro atoms. The second kappa shape index (κ2) is 4.59. The van der Waals surface area contributed by atoms with E-state index >= 15 is 0 Å². The Balaban J connectivity index is 1.72. The van der Waals surface area contributed by atoms with E-state index in [9.17, 15) is 4.79 Å². The number of rotatable bonds is 2. The van der Waals surface area contributed by atoms with E-state index in [1.165, 1.54) is 0 Å². The highest BCUT2D eigenvalue weighted by Crippen LogP contribution is 2.31. The Bertz CT molecular complexity index is 639. The third-order valence-electron chi connectivity index (χ3n) is 3.08. The molecule has 1 aliphatic heterocycles. The predicted octanol–water partition coefficient (Wildman–Crippen LogP) is 2.31.